The monoisotopic (exact) mass is 441 g/mol. The van der Waals surface area contributed by atoms with Crippen LogP contribution < -0.4 is 0 Å². The van der Waals surface area contributed by atoms with Crippen LogP contribution >= 0.6 is 34.4 Å². The summed E-state index contributed by atoms with van der Waals surface area (Å²) in [5, 5.41) is 9.00. The number of carboxylic acid groups (broad SMARTS) is 1. The molecule has 1 aromatic carbocycles. The standard InChI is InChI=1S/C13H16INO4S2/c1-2-3-12-15(11(8-20-12)13(16)17)21(18,19)10-6-4-9(14)5-7-10/h4-7,11-12H,2-3,8H2,1H3,(H,16,17). The third-order valence-electron chi connectivity index (χ3n) is 3.25. The number of thioether (sulfide) groups is 1. The highest BCUT2D eigenvalue weighted by Crippen LogP contribution is 2.37. The minimum Gasteiger partial charge on any atom is -0.480 e. The van der Waals surface area contributed by atoms with Crippen molar-refractivity contribution in [2.75, 3.05) is 5.75 Å². The highest BCUT2D eigenvalue weighted by molar-refractivity contribution is 14.1. The smallest absolute Gasteiger partial charge is 0.322 e. The topological polar surface area (TPSA) is 74.7 Å². The normalized spacial score (nSPS) is 23.3. The Bertz CT molecular complexity index is 618. The maximum Gasteiger partial charge on any atom is 0.322 e. The van der Waals surface area contributed by atoms with Crippen molar-refractivity contribution in [1.29, 1.82) is 0 Å². The summed E-state index contributed by atoms with van der Waals surface area (Å²) >= 11 is 3.50. The van der Waals surface area contributed by atoms with Crippen molar-refractivity contribution in [3.63, 3.8) is 0 Å². The van der Waals surface area contributed by atoms with Gasteiger partial charge in [-0.15, -0.1) is 11.8 Å². The van der Waals surface area contributed by atoms with Gasteiger partial charge in [0.05, 0.1) is 10.3 Å². The number of carbonyl (C=O) groups is 1. The molecule has 5 nitrogen and oxygen atoms in total. The van der Waals surface area contributed by atoms with E-state index in [1.165, 1.54) is 28.2 Å². The number of sulfonamides is 1. The van der Waals surface area contributed by atoms with Gasteiger partial charge in [-0.05, 0) is 53.3 Å². The van der Waals surface area contributed by atoms with Crippen LogP contribution in [-0.4, -0.2) is 41.0 Å². The SMILES string of the molecule is CCCC1SCC(C(=O)O)N1S(=O)(=O)c1ccc(I)cc1. The van der Waals surface area contributed by atoms with Crippen LogP contribution in [0.25, 0.3) is 0 Å². The van der Waals surface area contributed by atoms with Gasteiger partial charge >= 0.3 is 5.97 Å². The van der Waals surface area contributed by atoms with Gasteiger partial charge in [0.1, 0.15) is 6.04 Å². The second-order valence-electron chi connectivity index (χ2n) is 4.72. The summed E-state index contributed by atoms with van der Waals surface area (Å²) < 4.78 is 27.7. The van der Waals surface area contributed by atoms with E-state index >= 15 is 0 Å². The molecule has 1 aliphatic heterocycles. The summed E-state index contributed by atoms with van der Waals surface area (Å²) in [6.07, 6.45) is 1.46. The zero-order chi connectivity index (χ0) is 15.6. The molecule has 2 rings (SSSR count). The molecular formula is C13H16INO4S2. The maximum absolute atomic E-state index is 12.8. The van der Waals surface area contributed by atoms with Crippen molar-refractivity contribution in [3.8, 4) is 0 Å². The quantitative estimate of drug-likeness (QED) is 0.712. The number of benzene rings is 1. The number of nitrogens with zero attached hydrogens (tertiary/aromatic N) is 1. The van der Waals surface area contributed by atoms with Crippen LogP contribution in [0.5, 0.6) is 0 Å². The minimum atomic E-state index is -3.79. The highest BCUT2D eigenvalue weighted by Gasteiger charge is 2.45. The van der Waals surface area contributed by atoms with Crippen LogP contribution in [0.15, 0.2) is 29.2 Å². The molecule has 0 amide bonds. The first kappa shape index (κ1) is 17.0. The van der Waals surface area contributed by atoms with Crippen LogP contribution in [0.3, 0.4) is 0 Å². The molecule has 1 aliphatic rings. The molecule has 1 aromatic rings. The van der Waals surface area contributed by atoms with E-state index in [0.717, 1.165) is 9.99 Å². The van der Waals surface area contributed by atoms with Crippen LogP contribution in [0.1, 0.15) is 19.8 Å². The number of carboxylic acids is 1. The van der Waals surface area contributed by atoms with Crippen molar-refractivity contribution in [2.45, 2.75) is 36.1 Å². The maximum atomic E-state index is 12.8. The molecule has 2 atom stereocenters. The highest BCUT2D eigenvalue weighted by atomic mass is 127. The van der Waals surface area contributed by atoms with Gasteiger partial charge in [-0.3, -0.25) is 4.79 Å². The number of rotatable bonds is 5. The van der Waals surface area contributed by atoms with E-state index in [2.05, 4.69) is 22.6 Å². The van der Waals surface area contributed by atoms with E-state index in [9.17, 15) is 18.3 Å². The third kappa shape index (κ3) is 3.54. The molecular weight excluding hydrogens is 425 g/mol. The third-order valence-corrected chi connectivity index (χ3v) is 7.39. The van der Waals surface area contributed by atoms with Crippen molar-refractivity contribution < 1.29 is 18.3 Å². The fraction of sp³-hybridized carbons (Fsp3) is 0.462. The summed E-state index contributed by atoms with van der Waals surface area (Å²) in [5.74, 6) is -0.793. The van der Waals surface area contributed by atoms with Gasteiger partial charge < -0.3 is 5.11 Å². The summed E-state index contributed by atoms with van der Waals surface area (Å²) in [4.78, 5) is 11.5. The van der Waals surface area contributed by atoms with E-state index < -0.39 is 22.0 Å². The van der Waals surface area contributed by atoms with Gasteiger partial charge in [-0.2, -0.15) is 4.31 Å². The Morgan fingerprint density at radius 1 is 1.43 bits per heavy atom. The molecule has 8 heteroatoms. The molecule has 1 saturated heterocycles. The Hall–Kier alpha value is -0.320. The first-order valence-electron chi connectivity index (χ1n) is 6.51. The van der Waals surface area contributed by atoms with Crippen molar-refractivity contribution >= 4 is 50.3 Å². The Labute approximate surface area is 142 Å². The molecule has 1 N–H and O–H groups in total. The van der Waals surface area contributed by atoms with E-state index in [1.807, 2.05) is 6.92 Å². The average molecular weight is 441 g/mol. The molecule has 0 bridgehead atoms. The molecule has 2 unspecified atom stereocenters. The second kappa shape index (κ2) is 6.84. The van der Waals surface area contributed by atoms with Crippen molar-refractivity contribution in [3.05, 3.63) is 27.8 Å². The lowest BCUT2D eigenvalue weighted by atomic mass is 10.3. The molecule has 0 spiro atoms. The Morgan fingerprint density at radius 2 is 2.05 bits per heavy atom. The molecule has 0 aromatic heterocycles. The van der Waals surface area contributed by atoms with Gasteiger partial charge in [0.25, 0.3) is 0 Å². The van der Waals surface area contributed by atoms with Crippen LogP contribution in [0, 0.1) is 3.57 Å². The second-order valence-corrected chi connectivity index (χ2v) is 9.02. The number of hydrogen-bond acceptors (Lipinski definition) is 4. The Kier molecular flexibility index (Phi) is 5.55. The lowest BCUT2D eigenvalue weighted by molar-refractivity contribution is -0.140. The lowest BCUT2D eigenvalue weighted by Crippen LogP contribution is -2.45. The van der Waals surface area contributed by atoms with Crippen molar-refractivity contribution in [2.24, 2.45) is 0 Å². The van der Waals surface area contributed by atoms with Gasteiger partial charge in [0.2, 0.25) is 10.0 Å². The first-order valence-corrected chi connectivity index (χ1v) is 10.1. The molecule has 21 heavy (non-hydrogen) atoms. The zero-order valence-corrected chi connectivity index (χ0v) is 15.2. The van der Waals surface area contributed by atoms with Crippen molar-refractivity contribution in [1.82, 2.24) is 4.31 Å². The summed E-state index contributed by atoms with van der Waals surface area (Å²) in [5.41, 5.74) is 0. The average Bonchev–Trinajstić information content (AvgIpc) is 2.84. The van der Waals surface area contributed by atoms with Gasteiger partial charge in [0, 0.05) is 9.32 Å². The van der Waals surface area contributed by atoms with Gasteiger partial charge in [0.15, 0.2) is 0 Å². The molecule has 1 fully saturated rings. The molecule has 0 saturated carbocycles. The van der Waals surface area contributed by atoms with Crippen LogP contribution in [0.2, 0.25) is 0 Å². The summed E-state index contributed by atoms with van der Waals surface area (Å²) in [7, 11) is -3.79. The number of hydrogen-bond donors (Lipinski definition) is 1. The van der Waals surface area contributed by atoms with E-state index in [0.29, 0.717) is 12.2 Å². The lowest BCUT2D eigenvalue weighted by Gasteiger charge is -2.26. The van der Waals surface area contributed by atoms with Crippen LogP contribution in [0.4, 0.5) is 0 Å². The number of halogens is 1. The largest absolute Gasteiger partial charge is 0.480 e. The molecule has 1 heterocycles. The molecule has 0 aliphatic carbocycles. The Balaban J connectivity index is 2.42. The summed E-state index contributed by atoms with van der Waals surface area (Å²) in [6, 6.07) is 5.49. The fourth-order valence-corrected chi connectivity index (χ4v) is 6.26. The predicted molar refractivity (Wildman–Crippen MR) is 90.8 cm³/mol. The molecule has 0 radical (unpaired) electrons. The minimum absolute atomic E-state index is 0.151. The van der Waals surface area contributed by atoms with Gasteiger partial charge in [-0.1, -0.05) is 13.3 Å². The molecule has 116 valence electrons. The van der Waals surface area contributed by atoms with E-state index in [1.54, 1.807) is 12.1 Å². The number of aliphatic carboxylic acids is 1. The van der Waals surface area contributed by atoms with E-state index in [4.69, 9.17) is 0 Å². The van der Waals surface area contributed by atoms with E-state index in [-0.39, 0.29) is 10.3 Å². The zero-order valence-electron chi connectivity index (χ0n) is 11.4. The Morgan fingerprint density at radius 3 is 2.57 bits per heavy atom. The summed E-state index contributed by atoms with van der Waals surface area (Å²) in [6.45, 7) is 1.96. The van der Waals surface area contributed by atoms with Crippen LogP contribution in [-0.2, 0) is 14.8 Å². The predicted octanol–water partition coefficient (Wildman–Crippen LogP) is 2.61. The fourth-order valence-electron chi connectivity index (χ4n) is 2.24. The first-order chi connectivity index (χ1) is 9.87. The van der Waals surface area contributed by atoms with Gasteiger partial charge in [-0.25, -0.2) is 8.42 Å².